The van der Waals surface area contributed by atoms with Crippen LogP contribution in [0.2, 0.25) is 5.02 Å². The van der Waals surface area contributed by atoms with Crippen LogP contribution in [0.5, 0.6) is 0 Å². The van der Waals surface area contributed by atoms with Crippen molar-refractivity contribution >= 4 is 17.3 Å². The molecule has 0 fully saturated rings. The number of nitro benzene ring substituents is 1. The molecule has 88 valence electrons. The lowest BCUT2D eigenvalue weighted by molar-refractivity contribution is -0.385. The van der Waals surface area contributed by atoms with E-state index >= 15 is 0 Å². The van der Waals surface area contributed by atoms with Crippen molar-refractivity contribution in [2.45, 2.75) is 18.9 Å². The summed E-state index contributed by atoms with van der Waals surface area (Å²) in [7, 11) is 0. The summed E-state index contributed by atoms with van der Waals surface area (Å²) in [6, 6.07) is 3.83. The first-order valence-electron chi connectivity index (χ1n) is 4.86. The van der Waals surface area contributed by atoms with E-state index in [1.54, 1.807) is 0 Å². The van der Waals surface area contributed by atoms with Gasteiger partial charge in [0.1, 0.15) is 0 Å². The Kier molecular flexibility index (Phi) is 4.67. The van der Waals surface area contributed by atoms with E-state index in [0.29, 0.717) is 23.4 Å². The fraction of sp³-hybridized carbons (Fsp3) is 0.400. The summed E-state index contributed by atoms with van der Waals surface area (Å²) < 4.78 is 0. The Morgan fingerprint density at radius 2 is 2.25 bits per heavy atom. The summed E-state index contributed by atoms with van der Waals surface area (Å²) >= 11 is 5.77. The Balaban J connectivity index is 2.99. The average molecular weight is 245 g/mol. The van der Waals surface area contributed by atoms with E-state index in [1.807, 2.05) is 0 Å². The maximum Gasteiger partial charge on any atom is 0.274 e. The first kappa shape index (κ1) is 12.9. The number of hydrogen-bond acceptors (Lipinski definition) is 4. The molecule has 0 heterocycles. The van der Waals surface area contributed by atoms with Crippen molar-refractivity contribution < 1.29 is 10.0 Å². The van der Waals surface area contributed by atoms with Crippen LogP contribution in [0.1, 0.15) is 24.4 Å². The predicted octanol–water partition coefficient (Wildman–Crippen LogP) is 2.02. The molecule has 0 bridgehead atoms. The number of nitrogens with zero attached hydrogens (tertiary/aromatic N) is 1. The van der Waals surface area contributed by atoms with E-state index in [9.17, 15) is 10.1 Å². The maximum atomic E-state index is 10.8. The van der Waals surface area contributed by atoms with Gasteiger partial charge >= 0.3 is 0 Å². The van der Waals surface area contributed by atoms with Gasteiger partial charge in [-0.05, 0) is 25.0 Å². The van der Waals surface area contributed by atoms with Gasteiger partial charge in [0, 0.05) is 29.3 Å². The number of nitrogens with two attached hydrogens (primary N) is 1. The molecule has 0 amide bonds. The third kappa shape index (κ3) is 3.16. The third-order valence-electron chi connectivity index (χ3n) is 2.26. The molecule has 6 heteroatoms. The van der Waals surface area contributed by atoms with Crippen LogP contribution in [0.25, 0.3) is 0 Å². The summed E-state index contributed by atoms with van der Waals surface area (Å²) in [5.74, 6) is 0. The highest BCUT2D eigenvalue weighted by Crippen LogP contribution is 2.29. The van der Waals surface area contributed by atoms with Crippen molar-refractivity contribution in [1.82, 2.24) is 0 Å². The molecule has 0 saturated carbocycles. The van der Waals surface area contributed by atoms with Gasteiger partial charge in [0.15, 0.2) is 0 Å². The van der Waals surface area contributed by atoms with Crippen molar-refractivity contribution in [2.75, 3.05) is 6.61 Å². The monoisotopic (exact) mass is 244 g/mol. The number of halogens is 1. The first-order valence-corrected chi connectivity index (χ1v) is 5.24. The molecule has 1 aromatic carbocycles. The van der Waals surface area contributed by atoms with Crippen molar-refractivity contribution in [3.63, 3.8) is 0 Å². The highest BCUT2D eigenvalue weighted by atomic mass is 35.5. The van der Waals surface area contributed by atoms with E-state index in [2.05, 4.69) is 0 Å². The third-order valence-corrected chi connectivity index (χ3v) is 2.49. The molecule has 5 nitrogen and oxygen atoms in total. The summed E-state index contributed by atoms with van der Waals surface area (Å²) in [5, 5.41) is 19.9. The molecule has 0 aliphatic rings. The van der Waals surface area contributed by atoms with Gasteiger partial charge in [-0.3, -0.25) is 10.1 Å². The molecule has 1 atom stereocenters. The van der Waals surface area contributed by atoms with E-state index in [1.165, 1.54) is 18.2 Å². The van der Waals surface area contributed by atoms with Gasteiger partial charge in [0.25, 0.3) is 5.69 Å². The van der Waals surface area contributed by atoms with Crippen LogP contribution in [0.3, 0.4) is 0 Å². The molecule has 0 aliphatic heterocycles. The Labute approximate surface area is 98.0 Å². The van der Waals surface area contributed by atoms with E-state index in [0.717, 1.165) is 0 Å². The largest absolute Gasteiger partial charge is 0.396 e. The number of hydrogen-bond donors (Lipinski definition) is 2. The molecule has 0 saturated heterocycles. The molecule has 3 N–H and O–H groups in total. The van der Waals surface area contributed by atoms with Crippen LogP contribution in [-0.2, 0) is 0 Å². The standard InChI is InChI=1S/C10H13ClN2O3/c11-7-3-4-10(13(15)16)8(6-7)9(12)2-1-5-14/h3-4,6,9,14H,1-2,5,12H2/t9-/m1/s1. The number of aliphatic hydroxyl groups excluding tert-OH is 1. The van der Waals surface area contributed by atoms with Gasteiger partial charge in [-0.2, -0.15) is 0 Å². The summed E-state index contributed by atoms with van der Waals surface area (Å²) in [6.45, 7) is 0.0159. The minimum Gasteiger partial charge on any atom is -0.396 e. The number of aliphatic hydroxyl groups is 1. The van der Waals surface area contributed by atoms with Crippen LogP contribution in [0, 0.1) is 10.1 Å². The van der Waals surface area contributed by atoms with Crippen LogP contribution < -0.4 is 5.73 Å². The number of nitro groups is 1. The fourth-order valence-electron chi connectivity index (χ4n) is 1.46. The molecule has 0 spiro atoms. The van der Waals surface area contributed by atoms with Crippen molar-refractivity contribution in [3.8, 4) is 0 Å². The van der Waals surface area contributed by atoms with E-state index < -0.39 is 11.0 Å². The Morgan fingerprint density at radius 3 is 2.81 bits per heavy atom. The quantitative estimate of drug-likeness (QED) is 0.613. The minimum atomic E-state index is -0.482. The molecular weight excluding hydrogens is 232 g/mol. The molecular formula is C10H13ClN2O3. The molecule has 16 heavy (non-hydrogen) atoms. The van der Waals surface area contributed by atoms with Gasteiger partial charge in [0.2, 0.25) is 0 Å². The zero-order chi connectivity index (χ0) is 12.1. The normalized spacial score (nSPS) is 12.4. The van der Waals surface area contributed by atoms with Gasteiger partial charge in [0.05, 0.1) is 4.92 Å². The minimum absolute atomic E-state index is 0.0159. The highest BCUT2D eigenvalue weighted by Gasteiger charge is 2.19. The Morgan fingerprint density at radius 1 is 1.56 bits per heavy atom. The van der Waals surface area contributed by atoms with Crippen molar-refractivity contribution in [2.24, 2.45) is 5.73 Å². The van der Waals surface area contributed by atoms with Crippen LogP contribution in [0.4, 0.5) is 5.69 Å². The fourth-order valence-corrected chi connectivity index (χ4v) is 1.64. The van der Waals surface area contributed by atoms with Gasteiger partial charge in [-0.25, -0.2) is 0 Å². The number of rotatable bonds is 5. The zero-order valence-corrected chi connectivity index (χ0v) is 9.35. The summed E-state index contributed by atoms with van der Waals surface area (Å²) in [4.78, 5) is 10.3. The van der Waals surface area contributed by atoms with Gasteiger partial charge in [-0.15, -0.1) is 0 Å². The Bertz CT molecular complexity index is 384. The lowest BCUT2D eigenvalue weighted by Crippen LogP contribution is -2.13. The highest BCUT2D eigenvalue weighted by molar-refractivity contribution is 6.30. The topological polar surface area (TPSA) is 89.4 Å². The van der Waals surface area contributed by atoms with Crippen LogP contribution in [-0.4, -0.2) is 16.6 Å². The molecule has 0 aliphatic carbocycles. The van der Waals surface area contributed by atoms with Crippen LogP contribution in [0.15, 0.2) is 18.2 Å². The van der Waals surface area contributed by atoms with Crippen molar-refractivity contribution in [3.05, 3.63) is 38.9 Å². The average Bonchev–Trinajstić information content (AvgIpc) is 2.25. The smallest absolute Gasteiger partial charge is 0.274 e. The van der Waals surface area contributed by atoms with Crippen molar-refractivity contribution in [1.29, 1.82) is 0 Å². The summed E-state index contributed by atoms with van der Waals surface area (Å²) in [5.41, 5.74) is 6.19. The van der Waals surface area contributed by atoms with Gasteiger partial charge in [-0.1, -0.05) is 11.6 Å². The lowest BCUT2D eigenvalue weighted by Gasteiger charge is -2.11. The zero-order valence-electron chi connectivity index (χ0n) is 8.60. The van der Waals surface area contributed by atoms with E-state index in [-0.39, 0.29) is 12.3 Å². The predicted molar refractivity (Wildman–Crippen MR) is 61.4 cm³/mol. The number of benzene rings is 1. The second kappa shape index (κ2) is 5.79. The molecule has 0 unspecified atom stereocenters. The Hall–Kier alpha value is -1.17. The molecule has 0 aromatic heterocycles. The molecule has 1 rings (SSSR count). The van der Waals surface area contributed by atoms with Crippen LogP contribution >= 0.6 is 11.6 Å². The molecule has 1 aromatic rings. The maximum absolute atomic E-state index is 10.8. The first-order chi connectivity index (χ1) is 7.56. The van der Waals surface area contributed by atoms with Gasteiger partial charge < -0.3 is 10.8 Å². The molecule has 0 radical (unpaired) electrons. The second-order valence-corrected chi connectivity index (χ2v) is 3.87. The second-order valence-electron chi connectivity index (χ2n) is 3.43. The SMILES string of the molecule is N[C@H](CCCO)c1cc(Cl)ccc1[N+](=O)[O-]. The van der Waals surface area contributed by atoms with E-state index in [4.69, 9.17) is 22.4 Å². The summed E-state index contributed by atoms with van der Waals surface area (Å²) in [6.07, 6.45) is 0.989. The lowest BCUT2D eigenvalue weighted by atomic mass is 10.0.